The fraction of sp³-hybridized carbons (Fsp3) is 0.118. The van der Waals surface area contributed by atoms with Crippen LogP contribution in [-0.2, 0) is 0 Å². The molecule has 22 heavy (non-hydrogen) atoms. The molecule has 0 aliphatic carbocycles. The number of hydrogen-bond donors (Lipinski definition) is 0. The fourth-order valence-corrected chi connectivity index (χ4v) is 2.40. The summed E-state index contributed by atoms with van der Waals surface area (Å²) in [6, 6.07) is 10.1. The van der Waals surface area contributed by atoms with Gasteiger partial charge < -0.3 is 9.47 Å². The molecule has 0 saturated carbocycles. The maximum absolute atomic E-state index is 12.2. The third-order valence-corrected chi connectivity index (χ3v) is 3.60. The second-order valence-corrected chi connectivity index (χ2v) is 5.27. The van der Waals surface area contributed by atoms with Crippen molar-refractivity contribution in [2.24, 2.45) is 0 Å². The largest absolute Gasteiger partial charge is 0.497 e. The molecule has 0 aromatic heterocycles. The topological polar surface area (TPSA) is 35.5 Å². The predicted molar refractivity (Wildman–Crippen MR) is 89.4 cm³/mol. The van der Waals surface area contributed by atoms with Gasteiger partial charge in [0.05, 0.1) is 19.2 Å². The lowest BCUT2D eigenvalue weighted by Crippen LogP contribution is -1.96. The van der Waals surface area contributed by atoms with Crippen LogP contribution in [0.2, 0.25) is 10.0 Å². The molecule has 0 N–H and O–H groups in total. The van der Waals surface area contributed by atoms with E-state index in [9.17, 15) is 4.79 Å². The Morgan fingerprint density at radius 2 is 1.82 bits per heavy atom. The zero-order valence-corrected chi connectivity index (χ0v) is 13.6. The van der Waals surface area contributed by atoms with E-state index < -0.39 is 0 Å². The van der Waals surface area contributed by atoms with Gasteiger partial charge in [-0.1, -0.05) is 23.2 Å². The number of ketones is 1. The minimum atomic E-state index is -0.209. The minimum Gasteiger partial charge on any atom is -0.497 e. The summed E-state index contributed by atoms with van der Waals surface area (Å²) in [6.07, 6.45) is 3.12. The van der Waals surface area contributed by atoms with Gasteiger partial charge in [-0.2, -0.15) is 0 Å². The molecule has 0 spiro atoms. The number of benzene rings is 2. The molecule has 2 rings (SSSR count). The molecule has 0 bridgehead atoms. The van der Waals surface area contributed by atoms with Crippen LogP contribution in [0.4, 0.5) is 0 Å². The van der Waals surface area contributed by atoms with Crippen molar-refractivity contribution in [2.45, 2.75) is 0 Å². The Labute approximate surface area is 139 Å². The van der Waals surface area contributed by atoms with Crippen molar-refractivity contribution in [3.05, 3.63) is 63.6 Å². The van der Waals surface area contributed by atoms with Gasteiger partial charge in [0, 0.05) is 22.2 Å². The van der Waals surface area contributed by atoms with Crippen LogP contribution in [0.1, 0.15) is 15.9 Å². The molecule has 0 radical (unpaired) electrons. The highest BCUT2D eigenvalue weighted by Crippen LogP contribution is 2.26. The predicted octanol–water partition coefficient (Wildman–Crippen LogP) is 4.91. The molecular weight excluding hydrogens is 323 g/mol. The number of carbonyl (C=O) groups excluding carboxylic acids is 1. The average Bonchev–Trinajstić information content (AvgIpc) is 2.52. The number of allylic oxidation sites excluding steroid dienone is 1. The number of hydrogen-bond acceptors (Lipinski definition) is 3. The van der Waals surface area contributed by atoms with Crippen LogP contribution in [0.5, 0.6) is 11.5 Å². The highest BCUT2D eigenvalue weighted by atomic mass is 35.5. The molecular formula is C17H14Cl2O3. The Hall–Kier alpha value is -1.97. The molecule has 0 fully saturated rings. The van der Waals surface area contributed by atoms with E-state index in [-0.39, 0.29) is 5.78 Å². The standard InChI is InChI=1S/C17H14Cl2O3/c1-21-13-6-3-11(17(10-13)22-2)4-8-16(20)14-7-5-12(18)9-15(14)19/h3-10H,1-2H3/b8-4+. The summed E-state index contributed by atoms with van der Waals surface area (Å²) in [4.78, 5) is 12.2. The van der Waals surface area contributed by atoms with Crippen molar-refractivity contribution in [3.8, 4) is 11.5 Å². The third-order valence-electron chi connectivity index (χ3n) is 3.05. The number of ether oxygens (including phenoxy) is 2. The first-order chi connectivity index (χ1) is 10.5. The lowest BCUT2D eigenvalue weighted by atomic mass is 10.1. The Morgan fingerprint density at radius 3 is 2.45 bits per heavy atom. The molecule has 0 aliphatic heterocycles. The zero-order valence-electron chi connectivity index (χ0n) is 12.1. The van der Waals surface area contributed by atoms with E-state index in [0.717, 1.165) is 5.56 Å². The van der Waals surface area contributed by atoms with Crippen LogP contribution in [0.15, 0.2) is 42.5 Å². The summed E-state index contributed by atoms with van der Waals surface area (Å²) in [7, 11) is 3.14. The highest BCUT2D eigenvalue weighted by Gasteiger charge is 2.08. The Balaban J connectivity index is 2.26. The second kappa shape index (κ2) is 7.34. The highest BCUT2D eigenvalue weighted by molar-refractivity contribution is 6.37. The lowest BCUT2D eigenvalue weighted by molar-refractivity contribution is 0.104. The van der Waals surface area contributed by atoms with E-state index in [1.807, 2.05) is 6.07 Å². The van der Waals surface area contributed by atoms with E-state index in [1.165, 1.54) is 12.1 Å². The quantitative estimate of drug-likeness (QED) is 0.575. The molecule has 0 amide bonds. The van der Waals surface area contributed by atoms with E-state index in [1.54, 1.807) is 44.6 Å². The third kappa shape index (κ3) is 3.81. The maximum Gasteiger partial charge on any atom is 0.187 e. The van der Waals surface area contributed by atoms with Crippen LogP contribution >= 0.6 is 23.2 Å². The van der Waals surface area contributed by atoms with Gasteiger partial charge in [-0.25, -0.2) is 0 Å². The molecule has 0 heterocycles. The Morgan fingerprint density at radius 1 is 1.05 bits per heavy atom. The van der Waals surface area contributed by atoms with Crippen molar-refractivity contribution < 1.29 is 14.3 Å². The molecule has 114 valence electrons. The first kappa shape index (κ1) is 16.4. The summed E-state index contributed by atoms with van der Waals surface area (Å²) < 4.78 is 10.4. The summed E-state index contributed by atoms with van der Waals surface area (Å²) in [5, 5.41) is 0.811. The normalized spacial score (nSPS) is 10.7. The van der Waals surface area contributed by atoms with Crippen molar-refractivity contribution in [1.29, 1.82) is 0 Å². The van der Waals surface area contributed by atoms with Crippen LogP contribution in [-0.4, -0.2) is 20.0 Å². The van der Waals surface area contributed by atoms with Crippen molar-refractivity contribution >= 4 is 35.1 Å². The monoisotopic (exact) mass is 336 g/mol. The van der Waals surface area contributed by atoms with Crippen molar-refractivity contribution in [3.63, 3.8) is 0 Å². The molecule has 0 atom stereocenters. The van der Waals surface area contributed by atoms with E-state index in [2.05, 4.69) is 0 Å². The second-order valence-electron chi connectivity index (χ2n) is 4.43. The summed E-state index contributed by atoms with van der Waals surface area (Å²) in [6.45, 7) is 0. The van der Waals surface area contributed by atoms with Crippen LogP contribution in [0.3, 0.4) is 0 Å². The van der Waals surface area contributed by atoms with Gasteiger partial charge in [0.1, 0.15) is 11.5 Å². The molecule has 0 unspecified atom stereocenters. The number of carbonyl (C=O) groups is 1. The molecule has 2 aromatic rings. The van der Waals surface area contributed by atoms with Crippen LogP contribution in [0.25, 0.3) is 6.08 Å². The van der Waals surface area contributed by atoms with Gasteiger partial charge in [0.15, 0.2) is 5.78 Å². The molecule has 2 aromatic carbocycles. The van der Waals surface area contributed by atoms with Crippen LogP contribution < -0.4 is 9.47 Å². The van der Waals surface area contributed by atoms with Gasteiger partial charge >= 0.3 is 0 Å². The molecule has 0 aliphatic rings. The Bertz CT molecular complexity index is 724. The van der Waals surface area contributed by atoms with E-state index >= 15 is 0 Å². The summed E-state index contributed by atoms with van der Waals surface area (Å²) in [5.74, 6) is 1.09. The number of rotatable bonds is 5. The number of halogens is 2. The fourth-order valence-electron chi connectivity index (χ4n) is 1.90. The van der Waals surface area contributed by atoms with Gasteiger partial charge in [0.2, 0.25) is 0 Å². The SMILES string of the molecule is COc1ccc(/C=C/C(=O)c2ccc(Cl)cc2Cl)c(OC)c1. The van der Waals surface area contributed by atoms with E-state index in [4.69, 9.17) is 32.7 Å². The maximum atomic E-state index is 12.2. The number of methoxy groups -OCH3 is 2. The molecule has 0 saturated heterocycles. The van der Waals surface area contributed by atoms with Crippen molar-refractivity contribution in [1.82, 2.24) is 0 Å². The minimum absolute atomic E-state index is 0.209. The first-order valence-electron chi connectivity index (χ1n) is 6.44. The zero-order chi connectivity index (χ0) is 16.1. The molecule has 3 nitrogen and oxygen atoms in total. The van der Waals surface area contributed by atoms with Gasteiger partial charge in [-0.05, 0) is 42.5 Å². The van der Waals surface area contributed by atoms with Gasteiger partial charge in [0.25, 0.3) is 0 Å². The van der Waals surface area contributed by atoms with Gasteiger partial charge in [-0.3, -0.25) is 4.79 Å². The average molecular weight is 337 g/mol. The first-order valence-corrected chi connectivity index (χ1v) is 7.20. The van der Waals surface area contributed by atoms with E-state index in [0.29, 0.717) is 27.1 Å². The Kier molecular flexibility index (Phi) is 5.47. The summed E-state index contributed by atoms with van der Waals surface area (Å²) in [5.41, 5.74) is 1.16. The van der Waals surface area contributed by atoms with Gasteiger partial charge in [-0.15, -0.1) is 0 Å². The van der Waals surface area contributed by atoms with Crippen molar-refractivity contribution in [2.75, 3.05) is 14.2 Å². The lowest BCUT2D eigenvalue weighted by Gasteiger charge is -2.07. The summed E-state index contributed by atoms with van der Waals surface area (Å²) >= 11 is 11.8. The molecule has 5 heteroatoms. The smallest absolute Gasteiger partial charge is 0.187 e. The van der Waals surface area contributed by atoms with Crippen LogP contribution in [0, 0.1) is 0 Å².